The van der Waals surface area contributed by atoms with Gasteiger partial charge in [-0.15, -0.1) is 11.3 Å². The lowest BCUT2D eigenvalue weighted by Gasteiger charge is -2.33. The van der Waals surface area contributed by atoms with Crippen molar-refractivity contribution < 1.29 is 9.47 Å². The van der Waals surface area contributed by atoms with Crippen LogP contribution in [-0.2, 0) is 28.9 Å². The zero-order valence-electron chi connectivity index (χ0n) is 19.6. The van der Waals surface area contributed by atoms with Gasteiger partial charge in [0.25, 0.3) is 0 Å². The van der Waals surface area contributed by atoms with Crippen LogP contribution >= 0.6 is 23.1 Å². The lowest BCUT2D eigenvalue weighted by atomic mass is 9.88. The molecule has 0 aliphatic carbocycles. The lowest BCUT2D eigenvalue weighted by molar-refractivity contribution is -0.0402. The number of rotatable bonds is 6. The molecule has 3 aromatic rings. The molecule has 1 saturated heterocycles. The number of ether oxygens (including phenoxy) is 2. The molecule has 1 N–H and O–H groups in total. The van der Waals surface area contributed by atoms with Crippen LogP contribution in [0.1, 0.15) is 57.4 Å². The van der Waals surface area contributed by atoms with Gasteiger partial charge in [0, 0.05) is 36.2 Å². The van der Waals surface area contributed by atoms with Crippen molar-refractivity contribution in [3.8, 4) is 0 Å². The van der Waals surface area contributed by atoms with Crippen molar-refractivity contribution in [1.29, 1.82) is 0 Å². The zero-order chi connectivity index (χ0) is 22.5. The number of pyridine rings is 1. The number of nitrogens with zero attached hydrogens (tertiary/aromatic N) is 3. The van der Waals surface area contributed by atoms with Crippen molar-refractivity contribution in [2.75, 3.05) is 24.7 Å². The molecule has 0 bridgehead atoms. The van der Waals surface area contributed by atoms with E-state index in [1.807, 2.05) is 6.26 Å². The predicted molar refractivity (Wildman–Crippen MR) is 133 cm³/mol. The van der Waals surface area contributed by atoms with Gasteiger partial charge in [-0.25, -0.2) is 15.0 Å². The van der Waals surface area contributed by atoms with Gasteiger partial charge in [-0.3, -0.25) is 0 Å². The van der Waals surface area contributed by atoms with Gasteiger partial charge in [-0.1, -0.05) is 25.6 Å². The highest BCUT2D eigenvalue weighted by Crippen LogP contribution is 2.43. The molecule has 1 fully saturated rings. The molecule has 0 saturated carbocycles. The van der Waals surface area contributed by atoms with Gasteiger partial charge in [0.2, 0.25) is 0 Å². The van der Waals surface area contributed by atoms with Gasteiger partial charge in [0.15, 0.2) is 5.16 Å². The van der Waals surface area contributed by atoms with E-state index in [0.717, 1.165) is 64.9 Å². The van der Waals surface area contributed by atoms with Crippen LogP contribution in [0.4, 0.5) is 5.82 Å². The minimum absolute atomic E-state index is 0.194. The van der Waals surface area contributed by atoms with Gasteiger partial charge >= 0.3 is 0 Å². The maximum absolute atomic E-state index is 6.22. The first-order chi connectivity index (χ1) is 15.3. The molecule has 6 nitrogen and oxygen atoms in total. The second kappa shape index (κ2) is 8.70. The standard InChI is InChI=1S/C24H32N4O2S2/c1-13(2)9-17-16-12-30-24(3,4)10-15(16)18-19-20(32-22(18)26-17)21(28-23(27-19)31-5)25-11-14-7-6-8-29-14/h13-14H,6-12H2,1-5H3,(H,25,27,28)/t14-/m1/s1. The van der Waals surface area contributed by atoms with Gasteiger partial charge < -0.3 is 14.8 Å². The number of hydrogen-bond donors (Lipinski definition) is 1. The third kappa shape index (κ3) is 4.22. The van der Waals surface area contributed by atoms with Crippen LogP contribution in [0.25, 0.3) is 20.4 Å². The Morgan fingerprint density at radius 1 is 1.22 bits per heavy atom. The molecular formula is C24H32N4O2S2. The molecular weight excluding hydrogens is 440 g/mol. The summed E-state index contributed by atoms with van der Waals surface area (Å²) < 4.78 is 13.1. The summed E-state index contributed by atoms with van der Waals surface area (Å²) >= 11 is 3.30. The van der Waals surface area contributed by atoms with E-state index in [-0.39, 0.29) is 11.7 Å². The Morgan fingerprint density at radius 2 is 2.06 bits per heavy atom. The minimum atomic E-state index is -0.194. The SMILES string of the molecule is CSc1nc(NC[C@H]2CCCO2)c2sc3nc(CC(C)C)c4c(c3c2n1)CC(C)(C)OC4. The molecule has 0 unspecified atom stereocenters. The molecule has 2 aliphatic heterocycles. The van der Waals surface area contributed by atoms with Gasteiger partial charge in [-0.05, 0) is 50.8 Å². The zero-order valence-corrected chi connectivity index (χ0v) is 21.2. The van der Waals surface area contributed by atoms with Crippen LogP contribution in [0.15, 0.2) is 5.16 Å². The Labute approximate surface area is 197 Å². The van der Waals surface area contributed by atoms with Crippen LogP contribution in [0, 0.1) is 5.92 Å². The Balaban J connectivity index is 1.69. The monoisotopic (exact) mass is 472 g/mol. The second-order valence-corrected chi connectivity index (χ2v) is 11.6. The summed E-state index contributed by atoms with van der Waals surface area (Å²) in [6, 6.07) is 0. The van der Waals surface area contributed by atoms with E-state index < -0.39 is 0 Å². The molecule has 32 heavy (non-hydrogen) atoms. The van der Waals surface area contributed by atoms with E-state index in [4.69, 9.17) is 24.4 Å². The fourth-order valence-electron chi connectivity index (χ4n) is 4.70. The van der Waals surface area contributed by atoms with Gasteiger partial charge in [0.05, 0.1) is 28.5 Å². The number of thioether (sulfide) groups is 1. The molecule has 1 atom stereocenters. The molecule has 3 aromatic heterocycles. The van der Waals surface area contributed by atoms with Crippen LogP contribution in [0.2, 0.25) is 0 Å². The number of nitrogens with one attached hydrogen (secondary N) is 1. The summed E-state index contributed by atoms with van der Waals surface area (Å²) in [5.41, 5.74) is 4.64. The molecule has 8 heteroatoms. The number of aromatic nitrogens is 3. The largest absolute Gasteiger partial charge is 0.376 e. The molecule has 0 aromatic carbocycles. The second-order valence-electron chi connectivity index (χ2n) is 9.87. The number of anilines is 1. The Hall–Kier alpha value is -1.48. The fourth-order valence-corrected chi connectivity index (χ4v) is 6.20. The topological polar surface area (TPSA) is 69.2 Å². The third-order valence-corrected chi connectivity index (χ3v) is 7.89. The van der Waals surface area contributed by atoms with Crippen molar-refractivity contribution in [2.24, 2.45) is 5.92 Å². The summed E-state index contributed by atoms with van der Waals surface area (Å²) in [6.07, 6.45) is 6.36. The Kier molecular flexibility index (Phi) is 6.07. The van der Waals surface area contributed by atoms with E-state index in [1.165, 1.54) is 22.2 Å². The number of fused-ring (bicyclic) bond motifs is 5. The van der Waals surface area contributed by atoms with E-state index in [2.05, 4.69) is 33.0 Å². The minimum Gasteiger partial charge on any atom is -0.376 e. The van der Waals surface area contributed by atoms with Crippen molar-refractivity contribution in [1.82, 2.24) is 15.0 Å². The molecule has 0 radical (unpaired) electrons. The highest BCUT2D eigenvalue weighted by Gasteiger charge is 2.32. The van der Waals surface area contributed by atoms with Crippen LogP contribution < -0.4 is 5.32 Å². The first kappa shape index (κ1) is 22.3. The van der Waals surface area contributed by atoms with Crippen LogP contribution in [-0.4, -0.2) is 46.1 Å². The third-order valence-electron chi connectivity index (χ3n) is 6.26. The molecule has 0 amide bonds. The average molecular weight is 473 g/mol. The summed E-state index contributed by atoms with van der Waals surface area (Å²) in [4.78, 5) is 16.0. The normalized spacial score (nSPS) is 20.4. The predicted octanol–water partition coefficient (Wildman–Crippen LogP) is 5.60. The van der Waals surface area contributed by atoms with Crippen LogP contribution in [0.3, 0.4) is 0 Å². The fraction of sp³-hybridized carbons (Fsp3) is 0.625. The highest BCUT2D eigenvalue weighted by molar-refractivity contribution is 7.98. The number of hydrogen-bond acceptors (Lipinski definition) is 8. The van der Waals surface area contributed by atoms with Crippen molar-refractivity contribution in [3.63, 3.8) is 0 Å². The summed E-state index contributed by atoms with van der Waals surface area (Å²) in [7, 11) is 0. The maximum Gasteiger partial charge on any atom is 0.189 e. The summed E-state index contributed by atoms with van der Waals surface area (Å²) in [5, 5.41) is 5.56. The van der Waals surface area contributed by atoms with Crippen molar-refractivity contribution in [2.45, 2.75) is 76.8 Å². The Morgan fingerprint density at radius 3 is 2.78 bits per heavy atom. The van der Waals surface area contributed by atoms with Crippen molar-refractivity contribution in [3.05, 3.63) is 16.8 Å². The molecule has 0 spiro atoms. The first-order valence-electron chi connectivity index (χ1n) is 11.5. The molecule has 2 aliphatic rings. The smallest absolute Gasteiger partial charge is 0.189 e. The quantitative estimate of drug-likeness (QED) is 0.370. The van der Waals surface area contributed by atoms with Gasteiger partial charge in [-0.2, -0.15) is 0 Å². The van der Waals surface area contributed by atoms with Gasteiger partial charge in [0.1, 0.15) is 10.6 Å². The summed E-state index contributed by atoms with van der Waals surface area (Å²) in [5.74, 6) is 1.45. The maximum atomic E-state index is 6.22. The van der Waals surface area contributed by atoms with Crippen LogP contribution in [0.5, 0.6) is 0 Å². The van der Waals surface area contributed by atoms with E-state index >= 15 is 0 Å². The first-order valence-corrected chi connectivity index (χ1v) is 13.6. The Bertz CT molecular complexity index is 1150. The summed E-state index contributed by atoms with van der Waals surface area (Å²) in [6.45, 7) is 11.1. The highest BCUT2D eigenvalue weighted by atomic mass is 32.2. The number of thiophene rings is 1. The average Bonchev–Trinajstić information content (AvgIpc) is 3.38. The van der Waals surface area contributed by atoms with E-state index in [9.17, 15) is 0 Å². The lowest BCUT2D eigenvalue weighted by Crippen LogP contribution is -2.33. The molecule has 172 valence electrons. The van der Waals surface area contributed by atoms with Crippen molar-refractivity contribution >= 4 is 49.3 Å². The van der Waals surface area contributed by atoms with E-state index in [0.29, 0.717) is 12.5 Å². The molecule has 5 rings (SSSR count). The van der Waals surface area contributed by atoms with E-state index in [1.54, 1.807) is 23.1 Å². The molecule has 5 heterocycles.